The van der Waals surface area contributed by atoms with Crippen molar-refractivity contribution in [2.75, 3.05) is 13.2 Å². The fourth-order valence-corrected chi connectivity index (χ4v) is 3.64. The van der Waals surface area contributed by atoms with Crippen molar-refractivity contribution in [1.29, 1.82) is 0 Å². The van der Waals surface area contributed by atoms with Crippen molar-refractivity contribution in [3.05, 3.63) is 35.4 Å². The molecule has 1 N–H and O–H groups in total. The number of benzene rings is 1. The van der Waals surface area contributed by atoms with E-state index in [0.29, 0.717) is 19.1 Å². The number of hydrogen-bond donors (Lipinski definition) is 1. The van der Waals surface area contributed by atoms with E-state index in [4.69, 9.17) is 9.47 Å². The molecular formula is C19H26N4O2. The highest BCUT2D eigenvalue weighted by molar-refractivity contribution is 5.47. The number of nitrogens with zero attached hydrogens (tertiary/aromatic N) is 3. The first-order chi connectivity index (χ1) is 12.2. The minimum Gasteiger partial charge on any atom is -0.490 e. The van der Waals surface area contributed by atoms with Gasteiger partial charge in [-0.2, -0.15) is 0 Å². The lowest BCUT2D eigenvalue weighted by Crippen LogP contribution is -2.28. The van der Waals surface area contributed by atoms with E-state index in [-0.39, 0.29) is 6.04 Å². The summed E-state index contributed by atoms with van der Waals surface area (Å²) < 4.78 is 14.0. The van der Waals surface area contributed by atoms with E-state index in [1.807, 2.05) is 12.1 Å². The zero-order chi connectivity index (χ0) is 17.2. The molecule has 0 bridgehead atoms. The van der Waals surface area contributed by atoms with Gasteiger partial charge in [0.2, 0.25) is 0 Å². The summed E-state index contributed by atoms with van der Waals surface area (Å²) in [5.41, 5.74) is 1.13. The van der Waals surface area contributed by atoms with Crippen molar-refractivity contribution in [1.82, 2.24) is 20.1 Å². The second kappa shape index (κ2) is 7.04. The molecule has 0 aliphatic carbocycles. The topological polar surface area (TPSA) is 61.2 Å². The fraction of sp³-hybridized carbons (Fsp3) is 0.579. The van der Waals surface area contributed by atoms with Crippen LogP contribution in [0, 0.1) is 5.92 Å². The maximum Gasteiger partial charge on any atom is 0.165 e. The van der Waals surface area contributed by atoms with Crippen LogP contribution < -0.4 is 14.8 Å². The Morgan fingerprint density at radius 2 is 2.04 bits per heavy atom. The Labute approximate surface area is 148 Å². The van der Waals surface area contributed by atoms with Gasteiger partial charge in [0.25, 0.3) is 0 Å². The van der Waals surface area contributed by atoms with Crippen LogP contribution in [0.1, 0.15) is 49.9 Å². The second-order valence-corrected chi connectivity index (χ2v) is 7.13. The molecule has 3 heterocycles. The number of para-hydroxylation sites is 1. The molecule has 2 aliphatic heterocycles. The third-order valence-corrected chi connectivity index (χ3v) is 4.95. The standard InChI is InChI=1S/C19H26N4O2/c1-13(2)17(19-22-21-16-8-4-9-23(16)19)20-12-14-6-3-7-15-18(14)25-11-5-10-24-15/h3,6-7,13,17,20H,4-5,8-12H2,1-2H3. The second-order valence-electron chi connectivity index (χ2n) is 7.13. The summed E-state index contributed by atoms with van der Waals surface area (Å²) >= 11 is 0. The highest BCUT2D eigenvalue weighted by atomic mass is 16.5. The van der Waals surface area contributed by atoms with Crippen molar-refractivity contribution in [3.63, 3.8) is 0 Å². The summed E-state index contributed by atoms with van der Waals surface area (Å²) in [4.78, 5) is 0. The molecule has 0 saturated heterocycles. The maximum atomic E-state index is 5.94. The Hall–Kier alpha value is -2.08. The predicted octanol–water partition coefficient (Wildman–Crippen LogP) is 2.87. The van der Waals surface area contributed by atoms with E-state index in [2.05, 4.69) is 40.0 Å². The molecule has 0 saturated carbocycles. The van der Waals surface area contributed by atoms with E-state index in [1.54, 1.807) is 0 Å². The summed E-state index contributed by atoms with van der Waals surface area (Å²) in [6, 6.07) is 6.28. The lowest BCUT2D eigenvalue weighted by Gasteiger charge is -2.23. The maximum absolute atomic E-state index is 5.94. The molecule has 6 heteroatoms. The van der Waals surface area contributed by atoms with Gasteiger partial charge in [-0.3, -0.25) is 0 Å². The molecule has 25 heavy (non-hydrogen) atoms. The fourth-order valence-electron chi connectivity index (χ4n) is 3.64. The molecule has 0 radical (unpaired) electrons. The van der Waals surface area contributed by atoms with Crippen LogP contribution in [0.4, 0.5) is 0 Å². The zero-order valence-corrected chi connectivity index (χ0v) is 15.0. The van der Waals surface area contributed by atoms with Gasteiger partial charge in [0.05, 0.1) is 19.3 Å². The quantitative estimate of drug-likeness (QED) is 0.905. The van der Waals surface area contributed by atoms with Gasteiger partial charge in [0.15, 0.2) is 11.5 Å². The highest BCUT2D eigenvalue weighted by Crippen LogP contribution is 2.34. The van der Waals surface area contributed by atoms with Crippen LogP contribution in [-0.2, 0) is 19.5 Å². The van der Waals surface area contributed by atoms with Gasteiger partial charge in [-0.15, -0.1) is 10.2 Å². The van der Waals surface area contributed by atoms with Gasteiger partial charge in [-0.1, -0.05) is 26.0 Å². The van der Waals surface area contributed by atoms with Crippen molar-refractivity contribution >= 4 is 0 Å². The van der Waals surface area contributed by atoms with Crippen LogP contribution in [-0.4, -0.2) is 28.0 Å². The zero-order valence-electron chi connectivity index (χ0n) is 15.0. The molecule has 6 nitrogen and oxygen atoms in total. The van der Waals surface area contributed by atoms with E-state index in [9.17, 15) is 0 Å². The molecule has 1 aromatic heterocycles. The Balaban J connectivity index is 1.54. The number of ether oxygens (including phenoxy) is 2. The van der Waals surface area contributed by atoms with E-state index >= 15 is 0 Å². The lowest BCUT2D eigenvalue weighted by atomic mass is 10.0. The SMILES string of the molecule is CC(C)C(NCc1cccc2c1OCCCO2)c1nnc2n1CCC2. The monoisotopic (exact) mass is 342 g/mol. The first-order valence-electron chi connectivity index (χ1n) is 9.27. The predicted molar refractivity (Wildman–Crippen MR) is 94.8 cm³/mol. The van der Waals surface area contributed by atoms with Gasteiger partial charge in [-0.25, -0.2) is 0 Å². The number of hydrogen-bond acceptors (Lipinski definition) is 5. The normalized spacial score (nSPS) is 17.4. The number of aromatic nitrogens is 3. The molecule has 1 aromatic carbocycles. The number of nitrogens with one attached hydrogen (secondary N) is 1. The van der Waals surface area contributed by atoms with Crippen LogP contribution in [0.25, 0.3) is 0 Å². The van der Waals surface area contributed by atoms with E-state index < -0.39 is 0 Å². The third-order valence-electron chi connectivity index (χ3n) is 4.95. The van der Waals surface area contributed by atoms with Gasteiger partial charge in [0.1, 0.15) is 11.6 Å². The van der Waals surface area contributed by atoms with Crippen molar-refractivity contribution in [2.45, 2.75) is 52.2 Å². The van der Waals surface area contributed by atoms with E-state index in [0.717, 1.165) is 54.6 Å². The Morgan fingerprint density at radius 3 is 2.92 bits per heavy atom. The molecule has 134 valence electrons. The number of fused-ring (bicyclic) bond motifs is 2. The summed E-state index contributed by atoms with van der Waals surface area (Å²) in [7, 11) is 0. The minimum absolute atomic E-state index is 0.168. The first kappa shape index (κ1) is 16.4. The first-order valence-corrected chi connectivity index (χ1v) is 9.27. The molecule has 1 atom stereocenters. The molecule has 2 aliphatic rings. The average molecular weight is 342 g/mol. The summed E-state index contributed by atoms with van der Waals surface area (Å²) in [5, 5.41) is 12.5. The largest absolute Gasteiger partial charge is 0.490 e. The number of rotatable bonds is 5. The van der Waals surface area contributed by atoms with Crippen LogP contribution >= 0.6 is 0 Å². The molecule has 4 rings (SSSR count). The van der Waals surface area contributed by atoms with Crippen LogP contribution in [0.3, 0.4) is 0 Å². The van der Waals surface area contributed by atoms with Gasteiger partial charge in [0, 0.05) is 31.5 Å². The molecule has 0 amide bonds. The summed E-state index contributed by atoms with van der Waals surface area (Å²) in [6.07, 6.45) is 3.12. The smallest absolute Gasteiger partial charge is 0.165 e. The molecular weight excluding hydrogens is 316 g/mol. The molecule has 0 spiro atoms. The number of aryl methyl sites for hydroxylation is 1. The minimum atomic E-state index is 0.168. The Kier molecular flexibility index (Phi) is 4.61. The highest BCUT2D eigenvalue weighted by Gasteiger charge is 2.26. The Bertz CT molecular complexity index is 741. The Morgan fingerprint density at radius 1 is 1.16 bits per heavy atom. The molecule has 1 unspecified atom stereocenters. The van der Waals surface area contributed by atoms with Crippen LogP contribution in [0.2, 0.25) is 0 Å². The van der Waals surface area contributed by atoms with E-state index in [1.165, 1.54) is 6.42 Å². The summed E-state index contributed by atoms with van der Waals surface area (Å²) in [5.74, 6) is 4.32. The molecule has 0 fully saturated rings. The van der Waals surface area contributed by atoms with Gasteiger partial charge >= 0.3 is 0 Å². The van der Waals surface area contributed by atoms with Crippen molar-refractivity contribution in [3.8, 4) is 11.5 Å². The molecule has 2 aromatic rings. The third kappa shape index (κ3) is 3.23. The van der Waals surface area contributed by atoms with Crippen LogP contribution in [0.5, 0.6) is 11.5 Å². The van der Waals surface area contributed by atoms with Crippen molar-refractivity contribution in [2.24, 2.45) is 5.92 Å². The van der Waals surface area contributed by atoms with Gasteiger partial charge < -0.3 is 19.4 Å². The van der Waals surface area contributed by atoms with Crippen LogP contribution in [0.15, 0.2) is 18.2 Å². The van der Waals surface area contributed by atoms with Gasteiger partial charge in [-0.05, 0) is 18.4 Å². The average Bonchev–Trinajstić information content (AvgIpc) is 3.12. The van der Waals surface area contributed by atoms with Crippen molar-refractivity contribution < 1.29 is 9.47 Å². The lowest BCUT2D eigenvalue weighted by molar-refractivity contribution is 0.295. The summed E-state index contributed by atoms with van der Waals surface area (Å²) in [6.45, 7) is 7.61.